The standard InChI is InChI=1S/C21H37N.BrH/c1-2-3-4-5-6-7-8-9-10-11-12-13-14-15-16-21-17-19-22-20-18-21;/h17-20H,2-16H2,1H3;1H. The lowest BCUT2D eigenvalue weighted by molar-refractivity contribution is -0.378. The predicted molar refractivity (Wildman–Crippen MR) is 97.0 cm³/mol. The Morgan fingerprint density at radius 3 is 1.43 bits per heavy atom. The first kappa shape index (κ1) is 22.6. The van der Waals surface area contributed by atoms with Crippen LogP contribution in [0.25, 0.3) is 0 Å². The molecule has 0 atom stereocenters. The van der Waals surface area contributed by atoms with E-state index in [2.05, 4.69) is 24.0 Å². The van der Waals surface area contributed by atoms with Crippen molar-refractivity contribution in [1.29, 1.82) is 0 Å². The molecule has 0 aliphatic heterocycles. The van der Waals surface area contributed by atoms with Crippen molar-refractivity contribution in [2.75, 3.05) is 0 Å². The van der Waals surface area contributed by atoms with E-state index in [1.165, 1.54) is 102 Å². The number of pyridine rings is 1. The van der Waals surface area contributed by atoms with Gasteiger partial charge in [-0.1, -0.05) is 90.4 Å². The Morgan fingerprint density at radius 1 is 0.609 bits per heavy atom. The van der Waals surface area contributed by atoms with E-state index in [1.54, 1.807) is 0 Å². The van der Waals surface area contributed by atoms with Gasteiger partial charge in [0.2, 0.25) is 0 Å². The van der Waals surface area contributed by atoms with Gasteiger partial charge in [0.05, 0.1) is 0 Å². The number of H-pyrrole nitrogens is 1. The van der Waals surface area contributed by atoms with Crippen molar-refractivity contribution in [1.82, 2.24) is 0 Å². The number of aryl methyl sites for hydroxylation is 1. The molecule has 0 spiro atoms. The molecule has 2 heteroatoms. The highest BCUT2D eigenvalue weighted by molar-refractivity contribution is 5.06. The van der Waals surface area contributed by atoms with Crippen LogP contribution < -0.4 is 22.0 Å². The maximum absolute atomic E-state index is 3.08. The first-order valence-corrected chi connectivity index (χ1v) is 9.88. The van der Waals surface area contributed by atoms with Crippen molar-refractivity contribution in [3.8, 4) is 0 Å². The normalized spacial score (nSPS) is 10.5. The Morgan fingerprint density at radius 2 is 1.00 bits per heavy atom. The minimum atomic E-state index is 0. The molecule has 134 valence electrons. The molecule has 1 rings (SSSR count). The van der Waals surface area contributed by atoms with E-state index in [0.29, 0.717) is 0 Å². The molecule has 1 N–H and O–H groups in total. The van der Waals surface area contributed by atoms with Gasteiger partial charge < -0.3 is 17.0 Å². The summed E-state index contributed by atoms with van der Waals surface area (Å²) >= 11 is 0. The third-order valence-electron chi connectivity index (χ3n) is 4.61. The highest BCUT2D eigenvalue weighted by Gasteiger charge is 1.96. The molecule has 0 aliphatic carbocycles. The van der Waals surface area contributed by atoms with Crippen LogP contribution in [0.15, 0.2) is 24.5 Å². The summed E-state index contributed by atoms with van der Waals surface area (Å²) in [7, 11) is 0. The molecular formula is C21H38BrN. The first-order valence-electron chi connectivity index (χ1n) is 9.88. The molecule has 1 aromatic rings. The minimum Gasteiger partial charge on any atom is -1.00 e. The predicted octanol–water partition coefficient (Wildman–Crippen LogP) is 3.53. The SMILES string of the molecule is CCCCCCCCCCCCCCCCc1cc[nH+]cc1.[Br-]. The summed E-state index contributed by atoms with van der Waals surface area (Å²) in [5, 5.41) is 0. The molecular weight excluding hydrogens is 346 g/mol. The van der Waals surface area contributed by atoms with Crippen LogP contribution in [0.5, 0.6) is 0 Å². The molecule has 0 radical (unpaired) electrons. The monoisotopic (exact) mass is 383 g/mol. The molecule has 0 saturated heterocycles. The van der Waals surface area contributed by atoms with Crippen LogP contribution in [0.1, 0.15) is 102 Å². The fourth-order valence-electron chi connectivity index (χ4n) is 3.11. The molecule has 23 heavy (non-hydrogen) atoms. The number of aromatic nitrogens is 1. The fraction of sp³-hybridized carbons (Fsp3) is 0.762. The van der Waals surface area contributed by atoms with Crippen LogP contribution in [0.4, 0.5) is 0 Å². The van der Waals surface area contributed by atoms with Crippen LogP contribution in [0.3, 0.4) is 0 Å². The number of aromatic amines is 1. The Balaban J connectivity index is 0.00000484. The van der Waals surface area contributed by atoms with Crippen LogP contribution in [-0.4, -0.2) is 0 Å². The van der Waals surface area contributed by atoms with E-state index in [-0.39, 0.29) is 17.0 Å². The van der Waals surface area contributed by atoms with Gasteiger partial charge in [-0.25, -0.2) is 4.98 Å². The van der Waals surface area contributed by atoms with Crippen molar-refractivity contribution in [2.24, 2.45) is 0 Å². The van der Waals surface area contributed by atoms with Gasteiger partial charge in [0.25, 0.3) is 0 Å². The Bertz CT molecular complexity index is 326. The number of rotatable bonds is 15. The summed E-state index contributed by atoms with van der Waals surface area (Å²) in [5.41, 5.74) is 1.47. The number of halogens is 1. The average Bonchev–Trinajstić information content (AvgIpc) is 2.56. The second kappa shape index (κ2) is 18.0. The second-order valence-corrected chi connectivity index (χ2v) is 6.75. The van der Waals surface area contributed by atoms with E-state index >= 15 is 0 Å². The summed E-state index contributed by atoms with van der Waals surface area (Å²) in [5.74, 6) is 0. The Kier molecular flexibility index (Phi) is 17.7. The van der Waals surface area contributed by atoms with Crippen molar-refractivity contribution < 1.29 is 22.0 Å². The van der Waals surface area contributed by atoms with E-state index in [1.807, 2.05) is 12.4 Å². The van der Waals surface area contributed by atoms with E-state index in [4.69, 9.17) is 0 Å². The maximum atomic E-state index is 3.08. The lowest BCUT2D eigenvalue weighted by Gasteiger charge is -2.03. The third-order valence-corrected chi connectivity index (χ3v) is 4.61. The van der Waals surface area contributed by atoms with Crippen molar-refractivity contribution in [3.63, 3.8) is 0 Å². The van der Waals surface area contributed by atoms with Gasteiger partial charge in [-0.15, -0.1) is 0 Å². The van der Waals surface area contributed by atoms with Crippen molar-refractivity contribution in [3.05, 3.63) is 30.1 Å². The van der Waals surface area contributed by atoms with E-state index in [9.17, 15) is 0 Å². The minimum absolute atomic E-state index is 0. The molecule has 0 unspecified atom stereocenters. The topological polar surface area (TPSA) is 14.1 Å². The molecule has 0 amide bonds. The van der Waals surface area contributed by atoms with E-state index in [0.717, 1.165) is 0 Å². The molecule has 1 heterocycles. The number of hydrogen-bond donors (Lipinski definition) is 0. The van der Waals surface area contributed by atoms with Gasteiger partial charge in [-0.05, 0) is 18.4 Å². The van der Waals surface area contributed by atoms with Gasteiger partial charge >= 0.3 is 0 Å². The van der Waals surface area contributed by atoms with Gasteiger partial charge in [0.1, 0.15) is 0 Å². The Labute approximate surface area is 155 Å². The molecule has 1 nitrogen and oxygen atoms in total. The summed E-state index contributed by atoms with van der Waals surface area (Å²) in [6, 6.07) is 4.39. The molecule has 0 saturated carbocycles. The zero-order valence-corrected chi connectivity index (χ0v) is 16.9. The van der Waals surface area contributed by atoms with Crippen LogP contribution in [0.2, 0.25) is 0 Å². The van der Waals surface area contributed by atoms with E-state index < -0.39 is 0 Å². The first-order chi connectivity index (χ1) is 10.9. The summed E-state index contributed by atoms with van der Waals surface area (Å²) in [6.07, 6.45) is 25.4. The highest BCUT2D eigenvalue weighted by Crippen LogP contribution is 2.13. The van der Waals surface area contributed by atoms with Crippen LogP contribution >= 0.6 is 0 Å². The van der Waals surface area contributed by atoms with Crippen molar-refractivity contribution in [2.45, 2.75) is 103 Å². The second-order valence-electron chi connectivity index (χ2n) is 6.75. The van der Waals surface area contributed by atoms with Crippen molar-refractivity contribution >= 4 is 0 Å². The average molecular weight is 384 g/mol. The summed E-state index contributed by atoms with van der Waals surface area (Å²) in [6.45, 7) is 2.29. The summed E-state index contributed by atoms with van der Waals surface area (Å²) < 4.78 is 0. The zero-order chi connectivity index (χ0) is 15.7. The molecule has 0 fully saturated rings. The van der Waals surface area contributed by atoms with Gasteiger partial charge in [0.15, 0.2) is 12.4 Å². The smallest absolute Gasteiger partial charge is 0.167 e. The Hall–Kier alpha value is -0.370. The molecule has 1 aromatic heterocycles. The quantitative estimate of drug-likeness (QED) is 0.411. The largest absolute Gasteiger partial charge is 1.00 e. The maximum Gasteiger partial charge on any atom is 0.167 e. The third kappa shape index (κ3) is 14.9. The fourth-order valence-corrected chi connectivity index (χ4v) is 3.11. The summed E-state index contributed by atoms with van der Waals surface area (Å²) in [4.78, 5) is 3.08. The number of nitrogens with one attached hydrogen (secondary N) is 1. The lowest BCUT2D eigenvalue weighted by atomic mass is 10.0. The van der Waals surface area contributed by atoms with Gasteiger partial charge in [0, 0.05) is 12.1 Å². The highest BCUT2D eigenvalue weighted by atomic mass is 79.9. The molecule has 0 aromatic carbocycles. The number of hydrogen-bond acceptors (Lipinski definition) is 0. The van der Waals surface area contributed by atoms with Crippen LogP contribution in [0, 0.1) is 0 Å². The number of unbranched alkanes of at least 4 members (excludes halogenated alkanes) is 13. The lowest BCUT2D eigenvalue weighted by Crippen LogP contribution is -3.00. The molecule has 0 bridgehead atoms. The zero-order valence-electron chi connectivity index (χ0n) is 15.3. The molecule has 0 aliphatic rings. The van der Waals surface area contributed by atoms with Gasteiger partial charge in [-0.3, -0.25) is 0 Å². The van der Waals surface area contributed by atoms with Gasteiger partial charge in [-0.2, -0.15) is 0 Å². The van der Waals surface area contributed by atoms with Crippen LogP contribution in [-0.2, 0) is 6.42 Å².